The Kier molecular flexibility index (Phi) is 8.51. The van der Waals surface area contributed by atoms with Crippen LogP contribution in [0, 0.1) is 6.92 Å². The number of carbonyl (C=O) groups excluding carboxylic acids is 2. The van der Waals surface area contributed by atoms with Gasteiger partial charge in [-0.2, -0.15) is 0 Å². The Morgan fingerprint density at radius 2 is 1.63 bits per heavy atom. The topological polar surface area (TPSA) is 49.4 Å². The van der Waals surface area contributed by atoms with Crippen molar-refractivity contribution in [2.75, 3.05) is 17.6 Å². The SMILES string of the molecule is Cc1cc(CSc2ccccc2)ccc1NC(=O)c1ccc([C@@H]2SCC(=O)N2CCc2ccccc2)cc1. The number of thioether (sulfide) groups is 2. The highest BCUT2D eigenvalue weighted by molar-refractivity contribution is 8.00. The summed E-state index contributed by atoms with van der Waals surface area (Å²) in [6.45, 7) is 2.70. The van der Waals surface area contributed by atoms with Gasteiger partial charge in [0.2, 0.25) is 5.91 Å². The smallest absolute Gasteiger partial charge is 0.255 e. The van der Waals surface area contributed by atoms with Gasteiger partial charge < -0.3 is 10.2 Å². The van der Waals surface area contributed by atoms with Crippen molar-refractivity contribution in [3.05, 3.63) is 131 Å². The zero-order valence-corrected chi connectivity index (χ0v) is 22.9. The molecule has 1 aliphatic rings. The number of nitrogens with zero attached hydrogens (tertiary/aromatic N) is 1. The van der Waals surface area contributed by atoms with Gasteiger partial charge in [0.1, 0.15) is 5.37 Å². The van der Waals surface area contributed by atoms with Crippen LogP contribution in [0.15, 0.2) is 108 Å². The van der Waals surface area contributed by atoms with Gasteiger partial charge in [0, 0.05) is 28.4 Å². The zero-order chi connectivity index (χ0) is 26.3. The Hall–Kier alpha value is -3.48. The molecule has 0 bridgehead atoms. The number of aryl methyl sites for hydroxylation is 1. The summed E-state index contributed by atoms with van der Waals surface area (Å²) in [6, 6.07) is 34.4. The maximum absolute atomic E-state index is 13.0. The first kappa shape index (κ1) is 26.1. The van der Waals surface area contributed by atoms with Gasteiger partial charge in [0.15, 0.2) is 0 Å². The number of amides is 2. The molecule has 0 radical (unpaired) electrons. The predicted octanol–water partition coefficient (Wildman–Crippen LogP) is 7.36. The van der Waals surface area contributed by atoms with E-state index in [1.807, 2.05) is 78.6 Å². The van der Waals surface area contributed by atoms with Gasteiger partial charge in [-0.25, -0.2) is 0 Å². The highest BCUT2D eigenvalue weighted by Gasteiger charge is 2.32. The van der Waals surface area contributed by atoms with Gasteiger partial charge >= 0.3 is 0 Å². The van der Waals surface area contributed by atoms with Crippen LogP contribution in [0.2, 0.25) is 0 Å². The Balaban J connectivity index is 1.19. The van der Waals surface area contributed by atoms with Crippen LogP contribution in [-0.2, 0) is 17.0 Å². The minimum Gasteiger partial charge on any atom is -0.326 e. The third-order valence-electron chi connectivity index (χ3n) is 6.60. The van der Waals surface area contributed by atoms with Crippen LogP contribution in [0.25, 0.3) is 0 Å². The molecule has 192 valence electrons. The molecule has 2 amide bonds. The maximum atomic E-state index is 13.0. The van der Waals surface area contributed by atoms with E-state index in [0.717, 1.165) is 29.0 Å². The molecular formula is C32H30N2O2S2. The highest BCUT2D eigenvalue weighted by atomic mass is 32.2. The number of benzene rings is 4. The standard InChI is InChI=1S/C32H30N2O2S2/c1-23-20-25(21-37-28-10-6-3-7-11-28)12-17-29(23)33-31(36)26-13-15-27(16-14-26)32-34(30(35)22-38-32)19-18-24-8-4-2-5-9-24/h2-17,20,32H,18-19,21-22H2,1H3,(H,33,36)/t32-/m0/s1. The number of carbonyl (C=O) groups is 2. The van der Waals surface area contributed by atoms with E-state index in [2.05, 4.69) is 41.7 Å². The average Bonchev–Trinajstić information content (AvgIpc) is 3.33. The van der Waals surface area contributed by atoms with Gasteiger partial charge in [0.25, 0.3) is 5.91 Å². The van der Waals surface area contributed by atoms with Gasteiger partial charge in [-0.15, -0.1) is 23.5 Å². The van der Waals surface area contributed by atoms with E-state index < -0.39 is 0 Å². The first-order chi connectivity index (χ1) is 18.6. The van der Waals surface area contributed by atoms with E-state index in [1.165, 1.54) is 16.0 Å². The van der Waals surface area contributed by atoms with E-state index >= 15 is 0 Å². The minimum absolute atomic E-state index is 0.0214. The van der Waals surface area contributed by atoms with Crippen molar-refractivity contribution in [2.45, 2.75) is 29.4 Å². The lowest BCUT2D eigenvalue weighted by molar-refractivity contribution is -0.128. The molecule has 0 saturated carbocycles. The molecule has 0 spiro atoms. The van der Waals surface area contributed by atoms with Crippen molar-refractivity contribution in [2.24, 2.45) is 0 Å². The molecule has 0 unspecified atom stereocenters. The molecule has 4 aromatic rings. The summed E-state index contributed by atoms with van der Waals surface area (Å²) < 4.78 is 0. The van der Waals surface area contributed by atoms with Crippen LogP contribution < -0.4 is 5.32 Å². The molecule has 4 aromatic carbocycles. The highest BCUT2D eigenvalue weighted by Crippen LogP contribution is 2.38. The number of nitrogens with one attached hydrogen (secondary N) is 1. The average molecular weight is 539 g/mol. The van der Waals surface area contributed by atoms with Crippen molar-refractivity contribution < 1.29 is 9.59 Å². The molecule has 1 aliphatic heterocycles. The van der Waals surface area contributed by atoms with Gasteiger partial charge in [-0.3, -0.25) is 9.59 Å². The number of hydrogen-bond acceptors (Lipinski definition) is 4. The second-order valence-corrected chi connectivity index (χ2v) is 11.4. The fourth-order valence-corrected chi connectivity index (χ4v) is 6.58. The zero-order valence-electron chi connectivity index (χ0n) is 21.3. The largest absolute Gasteiger partial charge is 0.326 e. The molecule has 0 aromatic heterocycles. The maximum Gasteiger partial charge on any atom is 0.255 e. The lowest BCUT2D eigenvalue weighted by atomic mass is 10.1. The van der Waals surface area contributed by atoms with Crippen molar-refractivity contribution in [1.82, 2.24) is 4.90 Å². The molecule has 38 heavy (non-hydrogen) atoms. The van der Waals surface area contributed by atoms with Crippen LogP contribution in [0.4, 0.5) is 5.69 Å². The molecule has 5 rings (SSSR count). The van der Waals surface area contributed by atoms with E-state index in [1.54, 1.807) is 23.5 Å². The van der Waals surface area contributed by atoms with Crippen LogP contribution in [0.1, 0.15) is 38.0 Å². The van der Waals surface area contributed by atoms with Crippen molar-refractivity contribution in [3.8, 4) is 0 Å². The second kappa shape index (κ2) is 12.4. The summed E-state index contributed by atoms with van der Waals surface area (Å²) in [7, 11) is 0. The Morgan fingerprint density at radius 1 is 0.921 bits per heavy atom. The van der Waals surface area contributed by atoms with E-state index in [0.29, 0.717) is 17.9 Å². The quantitative estimate of drug-likeness (QED) is 0.226. The molecule has 1 fully saturated rings. The molecule has 1 saturated heterocycles. The van der Waals surface area contributed by atoms with Crippen LogP contribution >= 0.6 is 23.5 Å². The lowest BCUT2D eigenvalue weighted by Crippen LogP contribution is -2.30. The minimum atomic E-state index is -0.137. The van der Waals surface area contributed by atoms with E-state index in [-0.39, 0.29) is 17.2 Å². The summed E-state index contributed by atoms with van der Waals surface area (Å²) in [4.78, 5) is 28.7. The summed E-state index contributed by atoms with van der Waals surface area (Å²) in [5.41, 5.74) is 5.94. The summed E-state index contributed by atoms with van der Waals surface area (Å²) in [5, 5.41) is 3.03. The molecule has 4 nitrogen and oxygen atoms in total. The summed E-state index contributed by atoms with van der Waals surface area (Å²) in [5.74, 6) is 1.40. The fourth-order valence-electron chi connectivity index (χ4n) is 4.50. The molecule has 1 atom stereocenters. The van der Waals surface area contributed by atoms with E-state index in [4.69, 9.17) is 0 Å². The molecular weight excluding hydrogens is 508 g/mol. The molecule has 0 aliphatic carbocycles. The van der Waals surface area contributed by atoms with Gasteiger partial charge in [-0.1, -0.05) is 72.8 Å². The Labute approximate surface area is 232 Å². The molecule has 6 heteroatoms. The van der Waals surface area contributed by atoms with Crippen LogP contribution in [0.5, 0.6) is 0 Å². The third kappa shape index (κ3) is 6.50. The van der Waals surface area contributed by atoms with Gasteiger partial charge in [0.05, 0.1) is 5.75 Å². The number of rotatable bonds is 9. The number of anilines is 1. The predicted molar refractivity (Wildman–Crippen MR) is 159 cm³/mol. The van der Waals surface area contributed by atoms with Crippen molar-refractivity contribution in [1.29, 1.82) is 0 Å². The first-order valence-electron chi connectivity index (χ1n) is 12.7. The lowest BCUT2D eigenvalue weighted by Gasteiger charge is -2.24. The molecule has 1 N–H and O–H groups in total. The Morgan fingerprint density at radius 3 is 2.34 bits per heavy atom. The van der Waals surface area contributed by atoms with Crippen molar-refractivity contribution in [3.63, 3.8) is 0 Å². The third-order valence-corrected chi connectivity index (χ3v) is 8.94. The monoisotopic (exact) mass is 538 g/mol. The second-order valence-electron chi connectivity index (χ2n) is 9.31. The first-order valence-corrected chi connectivity index (χ1v) is 14.7. The van der Waals surface area contributed by atoms with Crippen LogP contribution in [-0.4, -0.2) is 29.0 Å². The summed E-state index contributed by atoms with van der Waals surface area (Å²) >= 11 is 3.44. The Bertz CT molecular complexity index is 1390. The van der Waals surface area contributed by atoms with Crippen molar-refractivity contribution >= 4 is 41.0 Å². The summed E-state index contributed by atoms with van der Waals surface area (Å²) in [6.07, 6.45) is 0.827. The van der Waals surface area contributed by atoms with E-state index in [9.17, 15) is 9.59 Å². The normalized spacial score (nSPS) is 15.0. The number of hydrogen-bond donors (Lipinski definition) is 1. The molecule has 1 heterocycles. The van der Waals surface area contributed by atoms with Crippen LogP contribution in [0.3, 0.4) is 0 Å². The van der Waals surface area contributed by atoms with Gasteiger partial charge in [-0.05, 0) is 65.9 Å². The fraction of sp³-hybridized carbons (Fsp3) is 0.188.